The standard InChI is InChI=1S/C12H14F3NO.ClH/c13-12(14,15)9-3-1-2-8(6-9)10-4-5-16-7-11(10)17;/h1-3,6,10-11,16-17H,4-5,7H2;1H. The number of aliphatic hydroxyl groups excluding tert-OH is 1. The Morgan fingerprint density at radius 1 is 1.28 bits per heavy atom. The SMILES string of the molecule is Cl.OC1CNCCC1c1cccc(C(F)(F)F)c1. The maximum atomic E-state index is 12.6. The van der Waals surface area contributed by atoms with E-state index in [1.54, 1.807) is 6.07 Å². The Labute approximate surface area is 110 Å². The number of hydrogen-bond acceptors (Lipinski definition) is 2. The molecule has 1 aliphatic rings. The smallest absolute Gasteiger partial charge is 0.391 e. The third-order valence-electron chi connectivity index (χ3n) is 3.09. The summed E-state index contributed by atoms with van der Waals surface area (Å²) in [5.74, 6) is -0.210. The van der Waals surface area contributed by atoms with Gasteiger partial charge < -0.3 is 10.4 Å². The first-order valence-corrected chi connectivity index (χ1v) is 5.54. The number of nitrogens with one attached hydrogen (secondary N) is 1. The molecule has 1 heterocycles. The molecule has 2 unspecified atom stereocenters. The minimum absolute atomic E-state index is 0. The van der Waals surface area contributed by atoms with Gasteiger partial charge in [-0.05, 0) is 24.6 Å². The minimum Gasteiger partial charge on any atom is -0.391 e. The molecule has 1 aliphatic heterocycles. The fourth-order valence-electron chi connectivity index (χ4n) is 2.18. The van der Waals surface area contributed by atoms with E-state index in [0.29, 0.717) is 18.5 Å². The molecule has 1 fully saturated rings. The fourth-order valence-corrected chi connectivity index (χ4v) is 2.18. The van der Waals surface area contributed by atoms with Crippen LogP contribution in [0.4, 0.5) is 13.2 Å². The topological polar surface area (TPSA) is 32.3 Å². The minimum atomic E-state index is -4.33. The lowest BCUT2D eigenvalue weighted by molar-refractivity contribution is -0.137. The Hall–Kier alpha value is -0.780. The van der Waals surface area contributed by atoms with Crippen molar-refractivity contribution in [3.05, 3.63) is 35.4 Å². The zero-order valence-corrected chi connectivity index (χ0v) is 10.4. The highest BCUT2D eigenvalue weighted by molar-refractivity contribution is 5.85. The van der Waals surface area contributed by atoms with Gasteiger partial charge in [-0.25, -0.2) is 0 Å². The van der Waals surface area contributed by atoms with E-state index >= 15 is 0 Å². The molecule has 102 valence electrons. The summed E-state index contributed by atoms with van der Waals surface area (Å²) in [6.45, 7) is 1.15. The van der Waals surface area contributed by atoms with Crippen molar-refractivity contribution < 1.29 is 18.3 Å². The zero-order chi connectivity index (χ0) is 12.5. The number of alkyl halides is 3. The van der Waals surface area contributed by atoms with Crippen LogP contribution in [0.1, 0.15) is 23.5 Å². The average Bonchev–Trinajstić information content (AvgIpc) is 2.29. The van der Waals surface area contributed by atoms with Crippen LogP contribution in [0.2, 0.25) is 0 Å². The lowest BCUT2D eigenvalue weighted by Crippen LogP contribution is -2.39. The van der Waals surface area contributed by atoms with Gasteiger partial charge in [-0.15, -0.1) is 12.4 Å². The molecule has 0 spiro atoms. The predicted molar refractivity (Wildman–Crippen MR) is 64.9 cm³/mol. The maximum absolute atomic E-state index is 12.6. The van der Waals surface area contributed by atoms with Crippen LogP contribution in [-0.2, 0) is 6.18 Å². The summed E-state index contributed by atoms with van der Waals surface area (Å²) in [4.78, 5) is 0. The highest BCUT2D eigenvalue weighted by atomic mass is 35.5. The van der Waals surface area contributed by atoms with Gasteiger partial charge in [-0.3, -0.25) is 0 Å². The van der Waals surface area contributed by atoms with Crippen LogP contribution in [-0.4, -0.2) is 24.3 Å². The van der Waals surface area contributed by atoms with E-state index in [-0.39, 0.29) is 18.3 Å². The Kier molecular flexibility index (Phi) is 5.01. The second kappa shape index (κ2) is 5.91. The van der Waals surface area contributed by atoms with Gasteiger partial charge in [0.25, 0.3) is 0 Å². The van der Waals surface area contributed by atoms with Crippen LogP contribution in [0.15, 0.2) is 24.3 Å². The van der Waals surface area contributed by atoms with Gasteiger partial charge in [0.15, 0.2) is 0 Å². The van der Waals surface area contributed by atoms with Crippen molar-refractivity contribution in [3.8, 4) is 0 Å². The lowest BCUT2D eigenvalue weighted by atomic mass is 9.87. The highest BCUT2D eigenvalue weighted by Gasteiger charge is 2.32. The maximum Gasteiger partial charge on any atom is 0.416 e. The zero-order valence-electron chi connectivity index (χ0n) is 9.57. The van der Waals surface area contributed by atoms with Gasteiger partial charge >= 0.3 is 6.18 Å². The Bertz CT molecular complexity index is 397. The van der Waals surface area contributed by atoms with E-state index in [1.807, 2.05) is 0 Å². The van der Waals surface area contributed by atoms with Crippen molar-refractivity contribution in [2.24, 2.45) is 0 Å². The van der Waals surface area contributed by atoms with Gasteiger partial charge in [0.1, 0.15) is 0 Å². The summed E-state index contributed by atoms with van der Waals surface area (Å²) in [5, 5.41) is 12.8. The summed E-state index contributed by atoms with van der Waals surface area (Å²) >= 11 is 0. The molecule has 6 heteroatoms. The average molecular weight is 282 g/mol. The summed E-state index contributed by atoms with van der Waals surface area (Å²) in [6.07, 6.45) is -4.29. The van der Waals surface area contributed by atoms with Gasteiger partial charge in [-0.1, -0.05) is 18.2 Å². The second-order valence-electron chi connectivity index (χ2n) is 4.29. The van der Waals surface area contributed by atoms with Crippen LogP contribution in [0.5, 0.6) is 0 Å². The number of hydrogen-bond donors (Lipinski definition) is 2. The molecule has 0 radical (unpaired) electrons. The Balaban J connectivity index is 0.00000162. The molecule has 1 aromatic rings. The summed E-state index contributed by atoms with van der Waals surface area (Å²) < 4.78 is 37.7. The summed E-state index contributed by atoms with van der Waals surface area (Å²) in [6, 6.07) is 5.23. The molecule has 18 heavy (non-hydrogen) atoms. The quantitative estimate of drug-likeness (QED) is 0.829. The monoisotopic (exact) mass is 281 g/mol. The number of β-amino-alcohol motifs (C(OH)–C–C–N with tert-alkyl or cyclic N) is 1. The van der Waals surface area contributed by atoms with E-state index < -0.39 is 17.8 Å². The van der Waals surface area contributed by atoms with E-state index in [2.05, 4.69) is 5.32 Å². The molecule has 0 amide bonds. The molecule has 2 nitrogen and oxygen atoms in total. The van der Waals surface area contributed by atoms with Crippen molar-refractivity contribution in [2.45, 2.75) is 24.6 Å². The normalized spacial score (nSPS) is 24.4. The van der Waals surface area contributed by atoms with Crippen molar-refractivity contribution in [1.82, 2.24) is 5.32 Å². The van der Waals surface area contributed by atoms with Gasteiger partial charge in [0.05, 0.1) is 11.7 Å². The molecule has 1 saturated heterocycles. The largest absolute Gasteiger partial charge is 0.416 e. The molecular formula is C12H15ClF3NO. The third kappa shape index (κ3) is 3.37. The summed E-state index contributed by atoms with van der Waals surface area (Å²) in [5.41, 5.74) is -0.0884. The molecule has 0 aliphatic carbocycles. The number of aliphatic hydroxyl groups is 1. The number of benzene rings is 1. The molecule has 0 bridgehead atoms. The van der Waals surface area contributed by atoms with Crippen LogP contribution in [0.25, 0.3) is 0 Å². The number of rotatable bonds is 1. The molecule has 1 aromatic carbocycles. The number of halogens is 4. The Morgan fingerprint density at radius 3 is 2.61 bits per heavy atom. The Morgan fingerprint density at radius 2 is 2.00 bits per heavy atom. The van der Waals surface area contributed by atoms with Crippen molar-refractivity contribution in [3.63, 3.8) is 0 Å². The van der Waals surface area contributed by atoms with Crippen LogP contribution in [0.3, 0.4) is 0 Å². The van der Waals surface area contributed by atoms with Gasteiger partial charge in [0.2, 0.25) is 0 Å². The van der Waals surface area contributed by atoms with E-state index in [9.17, 15) is 18.3 Å². The molecule has 2 N–H and O–H groups in total. The van der Waals surface area contributed by atoms with Crippen LogP contribution >= 0.6 is 12.4 Å². The fraction of sp³-hybridized carbons (Fsp3) is 0.500. The highest BCUT2D eigenvalue weighted by Crippen LogP contribution is 2.33. The lowest BCUT2D eigenvalue weighted by Gasteiger charge is -2.29. The van der Waals surface area contributed by atoms with Crippen molar-refractivity contribution >= 4 is 12.4 Å². The van der Waals surface area contributed by atoms with Crippen molar-refractivity contribution in [2.75, 3.05) is 13.1 Å². The van der Waals surface area contributed by atoms with E-state index in [1.165, 1.54) is 6.07 Å². The molecule has 2 rings (SSSR count). The molecule has 2 atom stereocenters. The second-order valence-corrected chi connectivity index (χ2v) is 4.29. The van der Waals surface area contributed by atoms with Gasteiger partial charge in [0, 0.05) is 12.5 Å². The predicted octanol–water partition coefficient (Wildman–Crippen LogP) is 2.57. The van der Waals surface area contributed by atoms with Gasteiger partial charge in [-0.2, -0.15) is 13.2 Å². The molecule has 0 saturated carbocycles. The first kappa shape index (κ1) is 15.3. The third-order valence-corrected chi connectivity index (χ3v) is 3.09. The number of piperidine rings is 1. The van der Waals surface area contributed by atoms with Crippen LogP contribution < -0.4 is 5.32 Å². The summed E-state index contributed by atoms with van der Waals surface area (Å²) in [7, 11) is 0. The van der Waals surface area contributed by atoms with E-state index in [4.69, 9.17) is 0 Å². The first-order valence-electron chi connectivity index (χ1n) is 5.54. The molecule has 0 aromatic heterocycles. The van der Waals surface area contributed by atoms with Crippen molar-refractivity contribution in [1.29, 1.82) is 0 Å². The van der Waals surface area contributed by atoms with E-state index in [0.717, 1.165) is 18.7 Å². The molecular weight excluding hydrogens is 267 g/mol. The first-order chi connectivity index (χ1) is 7.98. The van der Waals surface area contributed by atoms with Crippen LogP contribution in [0, 0.1) is 0 Å².